The molecule has 7 heteroatoms. The highest BCUT2D eigenvalue weighted by atomic mass is 32.1. The van der Waals surface area contributed by atoms with Crippen LogP contribution in [0.3, 0.4) is 0 Å². The predicted molar refractivity (Wildman–Crippen MR) is 102 cm³/mol. The molecule has 0 radical (unpaired) electrons. The Hall–Kier alpha value is -1.41. The number of morpholine rings is 1. The van der Waals surface area contributed by atoms with Crippen LogP contribution >= 0.6 is 11.3 Å². The van der Waals surface area contributed by atoms with Crippen LogP contribution in [0.15, 0.2) is 18.2 Å². The molecular formula is C19H27N5OS. The Labute approximate surface area is 159 Å². The molecule has 2 fully saturated rings. The van der Waals surface area contributed by atoms with Gasteiger partial charge in [-0.1, -0.05) is 6.07 Å². The number of hydrogen-bond donors (Lipinski definition) is 0. The zero-order chi connectivity index (χ0) is 18.0. The number of pyridine rings is 1. The molecule has 26 heavy (non-hydrogen) atoms. The molecule has 0 aromatic carbocycles. The van der Waals surface area contributed by atoms with Gasteiger partial charge in [0.1, 0.15) is 10.0 Å². The fourth-order valence-electron chi connectivity index (χ4n) is 3.99. The SMILES string of the molecule is Cc1cccc(CN2CCC3(CC2)CN(Cc2nnc(C)s2)CCO3)n1. The Morgan fingerprint density at radius 3 is 2.65 bits per heavy atom. The van der Waals surface area contributed by atoms with Crippen molar-refractivity contribution in [3.05, 3.63) is 39.6 Å². The zero-order valence-electron chi connectivity index (χ0n) is 15.6. The molecule has 2 aromatic rings. The number of hydrogen-bond acceptors (Lipinski definition) is 7. The van der Waals surface area contributed by atoms with Gasteiger partial charge in [0.05, 0.1) is 24.4 Å². The van der Waals surface area contributed by atoms with Crippen molar-refractivity contribution in [2.75, 3.05) is 32.8 Å². The van der Waals surface area contributed by atoms with E-state index in [4.69, 9.17) is 4.74 Å². The Balaban J connectivity index is 1.32. The summed E-state index contributed by atoms with van der Waals surface area (Å²) >= 11 is 1.70. The van der Waals surface area contributed by atoms with E-state index in [1.165, 1.54) is 5.69 Å². The van der Waals surface area contributed by atoms with Gasteiger partial charge in [-0.25, -0.2) is 0 Å². The molecule has 2 aromatic heterocycles. The summed E-state index contributed by atoms with van der Waals surface area (Å²) in [6, 6.07) is 6.28. The molecule has 4 heterocycles. The molecule has 140 valence electrons. The van der Waals surface area contributed by atoms with E-state index >= 15 is 0 Å². The number of aryl methyl sites for hydroxylation is 2. The van der Waals surface area contributed by atoms with Crippen LogP contribution in [0, 0.1) is 13.8 Å². The van der Waals surface area contributed by atoms with E-state index < -0.39 is 0 Å². The second-order valence-electron chi connectivity index (χ2n) is 7.50. The van der Waals surface area contributed by atoms with Crippen molar-refractivity contribution in [1.82, 2.24) is 25.0 Å². The van der Waals surface area contributed by atoms with Gasteiger partial charge in [-0.05, 0) is 38.8 Å². The predicted octanol–water partition coefficient (Wildman–Crippen LogP) is 2.42. The highest BCUT2D eigenvalue weighted by Gasteiger charge is 2.39. The van der Waals surface area contributed by atoms with E-state index in [0.29, 0.717) is 0 Å². The molecule has 4 rings (SSSR count). The molecule has 0 atom stereocenters. The Kier molecular flexibility index (Phi) is 5.31. The number of ether oxygens (including phenoxy) is 1. The summed E-state index contributed by atoms with van der Waals surface area (Å²) in [7, 11) is 0. The molecule has 0 amide bonds. The van der Waals surface area contributed by atoms with Crippen molar-refractivity contribution in [2.45, 2.75) is 45.4 Å². The Morgan fingerprint density at radius 1 is 1.08 bits per heavy atom. The van der Waals surface area contributed by atoms with Gasteiger partial charge in [-0.2, -0.15) is 0 Å². The van der Waals surface area contributed by atoms with E-state index in [-0.39, 0.29) is 5.60 Å². The monoisotopic (exact) mass is 373 g/mol. The third-order valence-corrected chi connectivity index (χ3v) is 6.18. The molecule has 0 aliphatic carbocycles. The Morgan fingerprint density at radius 2 is 1.92 bits per heavy atom. The smallest absolute Gasteiger partial charge is 0.131 e. The maximum Gasteiger partial charge on any atom is 0.131 e. The van der Waals surface area contributed by atoms with Gasteiger partial charge in [-0.15, -0.1) is 21.5 Å². The first-order valence-corrected chi connectivity index (χ1v) is 10.2. The van der Waals surface area contributed by atoms with Crippen LogP contribution in [0.25, 0.3) is 0 Å². The van der Waals surface area contributed by atoms with Crippen LogP contribution in [0.5, 0.6) is 0 Å². The number of rotatable bonds is 4. The molecule has 2 aliphatic rings. The minimum Gasteiger partial charge on any atom is -0.372 e. The third-order valence-electron chi connectivity index (χ3n) is 5.35. The fourth-order valence-corrected chi connectivity index (χ4v) is 4.74. The van der Waals surface area contributed by atoms with Crippen LogP contribution in [0.2, 0.25) is 0 Å². The average Bonchev–Trinajstić information content (AvgIpc) is 3.02. The Bertz CT molecular complexity index is 741. The maximum absolute atomic E-state index is 6.28. The van der Waals surface area contributed by atoms with Crippen LogP contribution in [0.4, 0.5) is 0 Å². The van der Waals surface area contributed by atoms with Gasteiger partial charge in [0.15, 0.2) is 0 Å². The van der Waals surface area contributed by atoms with Crippen molar-refractivity contribution in [2.24, 2.45) is 0 Å². The lowest BCUT2D eigenvalue weighted by molar-refractivity contribution is -0.138. The first-order valence-electron chi connectivity index (χ1n) is 9.40. The van der Waals surface area contributed by atoms with E-state index in [1.807, 2.05) is 6.92 Å². The summed E-state index contributed by atoms with van der Waals surface area (Å²) in [4.78, 5) is 9.63. The molecule has 2 aliphatic heterocycles. The quantitative estimate of drug-likeness (QED) is 0.820. The van der Waals surface area contributed by atoms with Crippen LogP contribution in [0.1, 0.15) is 34.2 Å². The molecule has 6 nitrogen and oxygen atoms in total. The minimum atomic E-state index is 0.00845. The van der Waals surface area contributed by atoms with Crippen molar-refractivity contribution < 1.29 is 4.74 Å². The highest BCUT2D eigenvalue weighted by Crippen LogP contribution is 2.31. The van der Waals surface area contributed by atoms with Gasteiger partial charge in [-0.3, -0.25) is 14.8 Å². The van der Waals surface area contributed by atoms with Gasteiger partial charge in [0.25, 0.3) is 0 Å². The summed E-state index contributed by atoms with van der Waals surface area (Å²) in [6.45, 7) is 10.8. The topological polar surface area (TPSA) is 54.4 Å². The minimum absolute atomic E-state index is 0.00845. The summed E-state index contributed by atoms with van der Waals surface area (Å²) in [6.07, 6.45) is 2.18. The molecule has 0 unspecified atom stereocenters. The van der Waals surface area contributed by atoms with Gasteiger partial charge in [0, 0.05) is 38.4 Å². The third kappa shape index (κ3) is 4.28. The normalized spacial score (nSPS) is 21.3. The van der Waals surface area contributed by atoms with Crippen molar-refractivity contribution in [3.63, 3.8) is 0 Å². The molecule has 0 saturated carbocycles. The van der Waals surface area contributed by atoms with Crippen molar-refractivity contribution in [3.8, 4) is 0 Å². The second-order valence-corrected chi connectivity index (χ2v) is 8.77. The van der Waals surface area contributed by atoms with E-state index in [1.54, 1.807) is 11.3 Å². The zero-order valence-corrected chi connectivity index (χ0v) is 16.5. The van der Waals surface area contributed by atoms with Gasteiger partial charge >= 0.3 is 0 Å². The van der Waals surface area contributed by atoms with Gasteiger partial charge < -0.3 is 4.74 Å². The standard InChI is InChI=1S/C19H27N5OS/c1-15-4-3-5-17(20-15)12-23-8-6-19(7-9-23)14-24(10-11-25-19)13-18-22-21-16(2)26-18/h3-5H,6-14H2,1-2H3. The summed E-state index contributed by atoms with van der Waals surface area (Å²) in [5.41, 5.74) is 2.27. The van der Waals surface area contributed by atoms with Crippen molar-refractivity contribution in [1.29, 1.82) is 0 Å². The number of aromatic nitrogens is 3. The van der Waals surface area contributed by atoms with Crippen LogP contribution in [-0.4, -0.2) is 63.4 Å². The summed E-state index contributed by atoms with van der Waals surface area (Å²) in [5, 5.41) is 10.6. The number of likely N-dealkylation sites (tertiary alicyclic amines) is 1. The highest BCUT2D eigenvalue weighted by molar-refractivity contribution is 7.11. The van der Waals surface area contributed by atoms with Crippen LogP contribution in [-0.2, 0) is 17.8 Å². The lowest BCUT2D eigenvalue weighted by Crippen LogP contribution is -2.56. The maximum atomic E-state index is 6.28. The summed E-state index contributed by atoms with van der Waals surface area (Å²) in [5.74, 6) is 0. The lowest BCUT2D eigenvalue weighted by Gasteiger charge is -2.47. The second kappa shape index (κ2) is 7.68. The van der Waals surface area contributed by atoms with E-state index in [0.717, 1.165) is 74.4 Å². The molecule has 0 N–H and O–H groups in total. The number of piperidine rings is 1. The van der Waals surface area contributed by atoms with Crippen LogP contribution < -0.4 is 0 Å². The average molecular weight is 374 g/mol. The first-order chi connectivity index (χ1) is 12.6. The largest absolute Gasteiger partial charge is 0.372 e. The van der Waals surface area contributed by atoms with E-state index in [2.05, 4.69) is 50.1 Å². The molecular weight excluding hydrogens is 346 g/mol. The molecule has 2 saturated heterocycles. The molecule has 0 bridgehead atoms. The number of nitrogens with zero attached hydrogens (tertiary/aromatic N) is 5. The fraction of sp³-hybridized carbons (Fsp3) is 0.632. The lowest BCUT2D eigenvalue weighted by atomic mass is 9.89. The van der Waals surface area contributed by atoms with Crippen molar-refractivity contribution >= 4 is 11.3 Å². The van der Waals surface area contributed by atoms with Gasteiger partial charge in [0.2, 0.25) is 0 Å². The summed E-state index contributed by atoms with van der Waals surface area (Å²) < 4.78 is 6.28. The van der Waals surface area contributed by atoms with E-state index in [9.17, 15) is 0 Å². The molecule has 1 spiro atoms. The first kappa shape index (κ1) is 18.0.